The summed E-state index contributed by atoms with van der Waals surface area (Å²) in [6, 6.07) is 0. The molecule has 86 valence electrons. The van der Waals surface area contributed by atoms with Crippen molar-refractivity contribution in [3.8, 4) is 0 Å². The Morgan fingerprint density at radius 1 is 1.19 bits per heavy atom. The van der Waals surface area contributed by atoms with Gasteiger partial charge in [-0.1, -0.05) is 27.7 Å². The van der Waals surface area contributed by atoms with Gasteiger partial charge in [0.05, 0.1) is 0 Å². The molecule has 0 aliphatic carbocycles. The minimum Gasteiger partial charge on any atom is -0.310 e. The molecule has 0 aliphatic rings. The van der Waals surface area contributed by atoms with E-state index in [4.69, 9.17) is 0 Å². The van der Waals surface area contributed by atoms with Gasteiger partial charge in [0.1, 0.15) is 11.2 Å². The van der Waals surface area contributed by atoms with Gasteiger partial charge in [-0.05, 0) is 17.5 Å². The van der Waals surface area contributed by atoms with Crippen molar-refractivity contribution in [3.63, 3.8) is 0 Å². The van der Waals surface area contributed by atoms with Crippen LogP contribution in [0.3, 0.4) is 0 Å². The predicted octanol–water partition coefficient (Wildman–Crippen LogP) is 2.63. The summed E-state index contributed by atoms with van der Waals surface area (Å²) in [5.41, 5.74) is 0.521. The number of nitrogens with zero attached hydrogens (tertiary/aromatic N) is 2. The van der Waals surface area contributed by atoms with E-state index in [0.717, 1.165) is 4.88 Å². The SMILES string of the molecule is CC(C)c1nc2nsc(C(C)C)c2c(=O)[nH]1. The van der Waals surface area contributed by atoms with E-state index < -0.39 is 0 Å². The van der Waals surface area contributed by atoms with Crippen LogP contribution >= 0.6 is 11.5 Å². The molecule has 0 aromatic carbocycles. The second-order valence-electron chi connectivity index (χ2n) is 4.51. The molecule has 0 unspecified atom stereocenters. The zero-order valence-corrected chi connectivity index (χ0v) is 10.7. The molecular formula is C11H15N3OS. The van der Waals surface area contributed by atoms with Crippen LogP contribution in [0.4, 0.5) is 0 Å². The molecule has 0 saturated heterocycles. The number of fused-ring (bicyclic) bond motifs is 1. The number of nitrogens with one attached hydrogen (secondary N) is 1. The van der Waals surface area contributed by atoms with Gasteiger partial charge in [-0.25, -0.2) is 4.98 Å². The highest BCUT2D eigenvalue weighted by Gasteiger charge is 2.15. The van der Waals surface area contributed by atoms with E-state index in [1.165, 1.54) is 11.5 Å². The lowest BCUT2D eigenvalue weighted by Gasteiger charge is -2.04. The Morgan fingerprint density at radius 2 is 1.88 bits per heavy atom. The normalized spacial score (nSPS) is 11.9. The summed E-state index contributed by atoms with van der Waals surface area (Å²) in [6.07, 6.45) is 0. The molecule has 2 rings (SSSR count). The Kier molecular flexibility index (Phi) is 2.80. The monoisotopic (exact) mass is 237 g/mol. The summed E-state index contributed by atoms with van der Waals surface area (Å²) in [7, 11) is 0. The van der Waals surface area contributed by atoms with Crippen molar-refractivity contribution >= 4 is 22.6 Å². The van der Waals surface area contributed by atoms with E-state index in [9.17, 15) is 4.79 Å². The van der Waals surface area contributed by atoms with Gasteiger partial charge in [-0.15, -0.1) is 0 Å². The lowest BCUT2D eigenvalue weighted by Crippen LogP contribution is -2.13. The zero-order valence-electron chi connectivity index (χ0n) is 9.87. The van der Waals surface area contributed by atoms with E-state index in [-0.39, 0.29) is 11.5 Å². The van der Waals surface area contributed by atoms with E-state index in [2.05, 4.69) is 28.2 Å². The Labute approximate surface area is 97.9 Å². The summed E-state index contributed by atoms with van der Waals surface area (Å²) in [5.74, 6) is 1.22. The molecule has 0 fully saturated rings. The van der Waals surface area contributed by atoms with Crippen molar-refractivity contribution < 1.29 is 0 Å². The summed E-state index contributed by atoms with van der Waals surface area (Å²) in [4.78, 5) is 20.2. The van der Waals surface area contributed by atoms with E-state index in [1.807, 2.05) is 13.8 Å². The molecule has 16 heavy (non-hydrogen) atoms. The van der Waals surface area contributed by atoms with Gasteiger partial charge in [-0.2, -0.15) is 4.37 Å². The van der Waals surface area contributed by atoms with Crippen molar-refractivity contribution in [2.45, 2.75) is 39.5 Å². The maximum Gasteiger partial charge on any atom is 0.261 e. The van der Waals surface area contributed by atoms with Crippen LogP contribution in [-0.4, -0.2) is 14.3 Å². The second kappa shape index (κ2) is 3.97. The highest BCUT2D eigenvalue weighted by atomic mass is 32.1. The van der Waals surface area contributed by atoms with Crippen LogP contribution in [-0.2, 0) is 0 Å². The van der Waals surface area contributed by atoms with Gasteiger partial charge in [0.2, 0.25) is 0 Å². The van der Waals surface area contributed by atoms with E-state index in [1.54, 1.807) is 0 Å². The standard InChI is InChI=1S/C11H15N3OS/c1-5(2)8-7-10(14-16-8)12-9(6(3)4)13-11(7)15/h5-6H,1-4H3,(H,12,13,14,15). The molecule has 0 aliphatic heterocycles. The minimum atomic E-state index is -0.0637. The molecule has 0 spiro atoms. The first-order chi connectivity index (χ1) is 7.50. The van der Waals surface area contributed by atoms with Crippen molar-refractivity contribution in [2.24, 2.45) is 0 Å². The van der Waals surface area contributed by atoms with Crippen LogP contribution in [0.5, 0.6) is 0 Å². The van der Waals surface area contributed by atoms with Crippen LogP contribution < -0.4 is 5.56 Å². The fourth-order valence-corrected chi connectivity index (χ4v) is 2.38. The molecule has 1 N–H and O–H groups in total. The van der Waals surface area contributed by atoms with Crippen LogP contribution in [0.2, 0.25) is 0 Å². The molecule has 2 aromatic rings. The van der Waals surface area contributed by atoms with Crippen molar-refractivity contribution in [1.82, 2.24) is 14.3 Å². The third kappa shape index (κ3) is 1.75. The van der Waals surface area contributed by atoms with Crippen molar-refractivity contribution in [2.75, 3.05) is 0 Å². The van der Waals surface area contributed by atoms with Crippen molar-refractivity contribution in [3.05, 3.63) is 21.1 Å². The van der Waals surface area contributed by atoms with Crippen LogP contribution in [0, 0.1) is 0 Å². The van der Waals surface area contributed by atoms with Crippen LogP contribution in [0.1, 0.15) is 50.2 Å². The first-order valence-electron chi connectivity index (χ1n) is 5.40. The molecule has 2 heterocycles. The number of H-pyrrole nitrogens is 1. The van der Waals surface area contributed by atoms with E-state index >= 15 is 0 Å². The Bertz CT molecular complexity index is 568. The van der Waals surface area contributed by atoms with Gasteiger partial charge in [0, 0.05) is 10.8 Å². The predicted molar refractivity (Wildman–Crippen MR) is 66.2 cm³/mol. The Hall–Kier alpha value is -1.23. The van der Waals surface area contributed by atoms with Crippen LogP contribution in [0.25, 0.3) is 11.0 Å². The molecule has 2 aromatic heterocycles. The third-order valence-corrected chi connectivity index (χ3v) is 3.60. The van der Waals surface area contributed by atoms with Gasteiger partial charge in [-0.3, -0.25) is 4.79 Å². The first kappa shape index (κ1) is 11.3. The van der Waals surface area contributed by atoms with Crippen molar-refractivity contribution in [1.29, 1.82) is 0 Å². The summed E-state index contributed by atoms with van der Waals surface area (Å²) >= 11 is 1.37. The maximum atomic E-state index is 12.0. The first-order valence-corrected chi connectivity index (χ1v) is 6.17. The largest absolute Gasteiger partial charge is 0.310 e. The molecule has 0 amide bonds. The highest BCUT2D eigenvalue weighted by molar-refractivity contribution is 7.07. The van der Waals surface area contributed by atoms with Gasteiger partial charge < -0.3 is 4.98 Å². The quantitative estimate of drug-likeness (QED) is 0.873. The molecule has 0 atom stereocenters. The van der Waals surface area contributed by atoms with Gasteiger partial charge >= 0.3 is 0 Å². The Balaban J connectivity index is 2.74. The number of hydrogen-bond acceptors (Lipinski definition) is 4. The topological polar surface area (TPSA) is 58.6 Å². The lowest BCUT2D eigenvalue weighted by molar-refractivity contribution is 0.774. The molecule has 0 saturated carbocycles. The Morgan fingerprint density at radius 3 is 2.44 bits per heavy atom. The number of aromatic amines is 1. The summed E-state index contributed by atoms with van der Waals surface area (Å²) in [5, 5.41) is 0.657. The van der Waals surface area contributed by atoms with E-state index in [0.29, 0.717) is 22.8 Å². The zero-order chi connectivity index (χ0) is 11.9. The fraction of sp³-hybridized carbons (Fsp3) is 0.545. The number of hydrogen-bond donors (Lipinski definition) is 1. The molecule has 4 nitrogen and oxygen atoms in total. The van der Waals surface area contributed by atoms with Gasteiger partial charge in [0.25, 0.3) is 5.56 Å². The highest BCUT2D eigenvalue weighted by Crippen LogP contribution is 2.25. The fourth-order valence-electron chi connectivity index (χ4n) is 1.57. The average Bonchev–Trinajstić information content (AvgIpc) is 2.61. The second-order valence-corrected chi connectivity index (χ2v) is 5.31. The molecule has 0 radical (unpaired) electrons. The third-order valence-electron chi connectivity index (χ3n) is 2.47. The smallest absolute Gasteiger partial charge is 0.261 e. The summed E-state index contributed by atoms with van der Waals surface area (Å²) < 4.78 is 4.25. The van der Waals surface area contributed by atoms with Gasteiger partial charge in [0.15, 0.2) is 5.65 Å². The number of rotatable bonds is 2. The lowest BCUT2D eigenvalue weighted by atomic mass is 10.1. The maximum absolute atomic E-state index is 12.0. The minimum absolute atomic E-state index is 0.0637. The molecular weight excluding hydrogens is 222 g/mol. The average molecular weight is 237 g/mol. The number of aromatic nitrogens is 3. The van der Waals surface area contributed by atoms with Crippen LogP contribution in [0.15, 0.2) is 4.79 Å². The molecule has 5 heteroatoms. The summed E-state index contributed by atoms with van der Waals surface area (Å²) in [6.45, 7) is 8.12. The molecule has 0 bridgehead atoms.